The molecule has 1 unspecified atom stereocenters. The summed E-state index contributed by atoms with van der Waals surface area (Å²) in [6.45, 7) is 1.26. The summed E-state index contributed by atoms with van der Waals surface area (Å²) in [4.78, 5) is 15.9. The molecule has 2 aromatic heterocycles. The van der Waals surface area contributed by atoms with Gasteiger partial charge in [-0.3, -0.25) is 4.98 Å². The second-order valence-corrected chi connectivity index (χ2v) is 8.51. The number of piperidine rings is 1. The average molecular weight is 430 g/mol. The van der Waals surface area contributed by atoms with Crippen molar-refractivity contribution in [3.63, 3.8) is 0 Å². The van der Waals surface area contributed by atoms with Crippen molar-refractivity contribution in [2.75, 3.05) is 23.3 Å². The topological polar surface area (TPSA) is 53.9 Å². The molecule has 5 rings (SSSR count). The van der Waals surface area contributed by atoms with Gasteiger partial charge in [0, 0.05) is 35.9 Å². The summed E-state index contributed by atoms with van der Waals surface area (Å²) in [6.07, 6.45) is 5.50. The van der Waals surface area contributed by atoms with Gasteiger partial charge < -0.3 is 10.2 Å². The second kappa shape index (κ2) is 7.95. The third-order valence-corrected chi connectivity index (χ3v) is 6.11. The molecule has 0 spiro atoms. The van der Waals surface area contributed by atoms with E-state index in [1.165, 1.54) is 18.2 Å². The van der Waals surface area contributed by atoms with Crippen molar-refractivity contribution in [1.82, 2.24) is 15.0 Å². The fourth-order valence-electron chi connectivity index (χ4n) is 4.02. The zero-order valence-corrected chi connectivity index (χ0v) is 17.1. The highest BCUT2D eigenvalue weighted by molar-refractivity contribution is 6.30. The molecule has 1 N–H and O–H groups in total. The number of anilines is 2. The maximum absolute atomic E-state index is 15.1. The SMILES string of the molecule is Fc1ccc(Cl)cc1C(F)C1CCN(c2nc3cnccc3nc2NC2CC2)CC1. The number of alkyl halides is 1. The molecule has 30 heavy (non-hydrogen) atoms. The van der Waals surface area contributed by atoms with E-state index in [2.05, 4.69) is 15.2 Å². The summed E-state index contributed by atoms with van der Waals surface area (Å²) in [5.74, 6) is 0.750. The quantitative estimate of drug-likeness (QED) is 0.595. The molecule has 156 valence electrons. The van der Waals surface area contributed by atoms with E-state index in [-0.39, 0.29) is 11.5 Å². The summed E-state index contributed by atoms with van der Waals surface area (Å²) in [5, 5.41) is 3.82. The summed E-state index contributed by atoms with van der Waals surface area (Å²) < 4.78 is 29.2. The molecule has 1 aromatic carbocycles. The molecule has 2 aliphatic rings. The van der Waals surface area contributed by atoms with Gasteiger partial charge in [-0.05, 0) is 55.9 Å². The first-order chi connectivity index (χ1) is 14.6. The number of pyridine rings is 1. The Hall–Kier alpha value is -2.54. The second-order valence-electron chi connectivity index (χ2n) is 8.07. The van der Waals surface area contributed by atoms with Crippen LogP contribution in [0.3, 0.4) is 0 Å². The zero-order chi connectivity index (χ0) is 20.7. The highest BCUT2D eigenvalue weighted by Gasteiger charge is 2.32. The molecule has 8 heteroatoms. The van der Waals surface area contributed by atoms with Gasteiger partial charge in [0.25, 0.3) is 0 Å². The number of benzene rings is 1. The van der Waals surface area contributed by atoms with Gasteiger partial charge in [0.2, 0.25) is 0 Å². The molecule has 1 atom stereocenters. The number of hydrogen-bond acceptors (Lipinski definition) is 5. The van der Waals surface area contributed by atoms with Gasteiger partial charge in [-0.2, -0.15) is 0 Å². The van der Waals surface area contributed by atoms with E-state index in [1.54, 1.807) is 12.4 Å². The first-order valence-electron chi connectivity index (χ1n) is 10.3. The molecule has 1 saturated heterocycles. The molecule has 1 aliphatic carbocycles. The van der Waals surface area contributed by atoms with Crippen molar-refractivity contribution in [2.45, 2.75) is 37.9 Å². The Morgan fingerprint density at radius 1 is 1.07 bits per heavy atom. The van der Waals surface area contributed by atoms with E-state index < -0.39 is 12.0 Å². The lowest BCUT2D eigenvalue weighted by Crippen LogP contribution is -2.36. The monoisotopic (exact) mass is 429 g/mol. The van der Waals surface area contributed by atoms with Crippen LogP contribution in [-0.4, -0.2) is 34.1 Å². The van der Waals surface area contributed by atoms with Gasteiger partial charge in [0.15, 0.2) is 11.6 Å². The Morgan fingerprint density at radius 3 is 2.63 bits per heavy atom. The molecule has 0 amide bonds. The average Bonchev–Trinajstić information content (AvgIpc) is 3.59. The first-order valence-corrected chi connectivity index (χ1v) is 10.7. The van der Waals surface area contributed by atoms with Crippen LogP contribution in [0.2, 0.25) is 5.02 Å². The lowest BCUT2D eigenvalue weighted by molar-refractivity contribution is 0.194. The van der Waals surface area contributed by atoms with Crippen LogP contribution in [0.15, 0.2) is 36.7 Å². The number of hydrogen-bond donors (Lipinski definition) is 1. The number of nitrogens with zero attached hydrogens (tertiary/aromatic N) is 4. The summed E-state index contributed by atoms with van der Waals surface area (Å²) in [5.41, 5.74) is 1.58. The number of nitrogens with one attached hydrogen (secondary N) is 1. The molecular formula is C22H22ClF2N5. The van der Waals surface area contributed by atoms with E-state index in [4.69, 9.17) is 21.6 Å². The number of rotatable bonds is 5. The number of aromatic nitrogens is 3. The molecular weight excluding hydrogens is 408 g/mol. The maximum atomic E-state index is 15.1. The Labute approximate surface area is 178 Å². The van der Waals surface area contributed by atoms with E-state index in [0.717, 1.165) is 35.5 Å². The van der Waals surface area contributed by atoms with Crippen LogP contribution >= 0.6 is 11.6 Å². The van der Waals surface area contributed by atoms with Crippen molar-refractivity contribution in [3.8, 4) is 0 Å². The van der Waals surface area contributed by atoms with Crippen LogP contribution in [0.1, 0.15) is 37.4 Å². The fraction of sp³-hybridized carbons (Fsp3) is 0.409. The highest BCUT2D eigenvalue weighted by Crippen LogP contribution is 2.38. The van der Waals surface area contributed by atoms with E-state index >= 15 is 4.39 Å². The van der Waals surface area contributed by atoms with Crippen LogP contribution in [-0.2, 0) is 0 Å². The Balaban J connectivity index is 1.36. The van der Waals surface area contributed by atoms with E-state index in [0.29, 0.717) is 37.0 Å². The zero-order valence-electron chi connectivity index (χ0n) is 16.4. The van der Waals surface area contributed by atoms with Crippen molar-refractivity contribution in [1.29, 1.82) is 0 Å². The van der Waals surface area contributed by atoms with Crippen LogP contribution in [0.25, 0.3) is 11.0 Å². The summed E-state index contributed by atoms with van der Waals surface area (Å²) in [7, 11) is 0. The summed E-state index contributed by atoms with van der Waals surface area (Å²) >= 11 is 5.95. The Bertz CT molecular complexity index is 1070. The van der Waals surface area contributed by atoms with Crippen molar-refractivity contribution in [3.05, 3.63) is 53.1 Å². The molecule has 0 radical (unpaired) electrons. The van der Waals surface area contributed by atoms with Gasteiger partial charge in [0.1, 0.15) is 17.5 Å². The molecule has 5 nitrogen and oxygen atoms in total. The van der Waals surface area contributed by atoms with Crippen molar-refractivity contribution >= 4 is 34.3 Å². The minimum absolute atomic E-state index is 0.0496. The van der Waals surface area contributed by atoms with Crippen LogP contribution in [0.5, 0.6) is 0 Å². The standard InChI is InChI=1S/C22H22ClF2N5/c23-14-1-4-17(24)16(11-14)20(25)13-6-9-30(10-7-13)22-21(27-15-2-3-15)28-18-5-8-26-12-19(18)29-22/h1,4-5,8,11-13,15,20H,2-3,6-7,9-10H2,(H,27,28). The predicted octanol–water partition coefficient (Wildman–Crippen LogP) is 5.32. The van der Waals surface area contributed by atoms with Crippen molar-refractivity contribution < 1.29 is 8.78 Å². The normalized spacial score (nSPS) is 18.6. The number of fused-ring (bicyclic) bond motifs is 1. The van der Waals surface area contributed by atoms with E-state index in [9.17, 15) is 4.39 Å². The Morgan fingerprint density at radius 2 is 1.87 bits per heavy atom. The maximum Gasteiger partial charge on any atom is 0.172 e. The van der Waals surface area contributed by atoms with Crippen LogP contribution in [0.4, 0.5) is 20.4 Å². The van der Waals surface area contributed by atoms with Crippen LogP contribution in [0, 0.1) is 11.7 Å². The molecule has 3 aromatic rings. The molecule has 2 fully saturated rings. The smallest absolute Gasteiger partial charge is 0.172 e. The molecule has 3 heterocycles. The Kier molecular flexibility index (Phi) is 5.15. The van der Waals surface area contributed by atoms with E-state index in [1.807, 2.05) is 6.07 Å². The summed E-state index contributed by atoms with van der Waals surface area (Å²) in [6, 6.07) is 6.36. The van der Waals surface area contributed by atoms with Crippen LogP contribution < -0.4 is 10.2 Å². The minimum Gasteiger partial charge on any atom is -0.364 e. The molecule has 1 saturated carbocycles. The highest BCUT2D eigenvalue weighted by atomic mass is 35.5. The van der Waals surface area contributed by atoms with Gasteiger partial charge in [-0.25, -0.2) is 18.7 Å². The lowest BCUT2D eigenvalue weighted by atomic mass is 9.88. The van der Waals surface area contributed by atoms with Gasteiger partial charge in [-0.1, -0.05) is 11.6 Å². The third kappa shape index (κ3) is 3.90. The van der Waals surface area contributed by atoms with Crippen molar-refractivity contribution in [2.24, 2.45) is 5.92 Å². The minimum atomic E-state index is -1.37. The number of halogens is 3. The van der Waals surface area contributed by atoms with Gasteiger partial charge in [-0.15, -0.1) is 0 Å². The van der Waals surface area contributed by atoms with Gasteiger partial charge >= 0.3 is 0 Å². The predicted molar refractivity (Wildman–Crippen MR) is 114 cm³/mol. The molecule has 1 aliphatic heterocycles. The molecule has 0 bridgehead atoms. The largest absolute Gasteiger partial charge is 0.364 e. The lowest BCUT2D eigenvalue weighted by Gasteiger charge is -2.35. The first kappa shape index (κ1) is 19.4. The van der Waals surface area contributed by atoms with Gasteiger partial charge in [0.05, 0.1) is 11.7 Å². The fourth-order valence-corrected chi connectivity index (χ4v) is 4.20. The third-order valence-electron chi connectivity index (χ3n) is 5.87.